The first-order valence-electron chi connectivity index (χ1n) is 7.70. The first kappa shape index (κ1) is 14.2. The molecular formula is C14H23N5O2. The summed E-state index contributed by atoms with van der Waals surface area (Å²) in [6, 6.07) is -0.762. The molecule has 3 aliphatic heterocycles. The number of carbonyl (C=O) groups excluding carboxylic acids is 2. The van der Waals surface area contributed by atoms with Gasteiger partial charge in [-0.05, 0) is 25.7 Å². The van der Waals surface area contributed by atoms with Crippen LogP contribution in [0.1, 0.15) is 26.7 Å². The summed E-state index contributed by atoms with van der Waals surface area (Å²) in [6.07, 6.45) is 1.89. The molecule has 21 heavy (non-hydrogen) atoms. The van der Waals surface area contributed by atoms with Crippen LogP contribution in [0.15, 0.2) is 4.99 Å². The minimum atomic E-state index is -0.402. The number of amides is 3. The first-order chi connectivity index (χ1) is 10.0. The molecule has 3 amide bonds. The van der Waals surface area contributed by atoms with E-state index in [0.29, 0.717) is 6.54 Å². The molecule has 0 aromatic heterocycles. The van der Waals surface area contributed by atoms with Gasteiger partial charge in [-0.15, -0.1) is 0 Å². The predicted molar refractivity (Wildman–Crippen MR) is 78.7 cm³/mol. The molecule has 2 unspecified atom stereocenters. The number of guanidine groups is 1. The van der Waals surface area contributed by atoms with Gasteiger partial charge in [0.1, 0.15) is 0 Å². The zero-order chi connectivity index (χ0) is 15.1. The van der Waals surface area contributed by atoms with Crippen LogP contribution in [0.4, 0.5) is 4.79 Å². The Morgan fingerprint density at radius 1 is 1.29 bits per heavy atom. The molecule has 7 heteroatoms. The molecule has 7 nitrogen and oxygen atoms in total. The second-order valence-corrected chi connectivity index (χ2v) is 6.15. The molecule has 0 spiro atoms. The summed E-state index contributed by atoms with van der Waals surface area (Å²) in [5, 5.41) is 2.41. The molecule has 0 aromatic rings. The highest BCUT2D eigenvalue weighted by Gasteiger charge is 2.49. The molecule has 3 aliphatic rings. The summed E-state index contributed by atoms with van der Waals surface area (Å²) in [6.45, 7) is 6.94. The number of rotatable bonds is 1. The summed E-state index contributed by atoms with van der Waals surface area (Å²) in [5.41, 5.74) is 0. The smallest absolute Gasteiger partial charge is 0.325 e. The number of carbonyl (C=O) groups is 2. The molecule has 0 bridgehead atoms. The Bertz CT molecular complexity index is 484. The topological polar surface area (TPSA) is 68.2 Å². The van der Waals surface area contributed by atoms with Crippen LogP contribution in [-0.2, 0) is 4.79 Å². The molecule has 3 rings (SSSR count). The average molecular weight is 293 g/mol. The molecule has 2 fully saturated rings. The van der Waals surface area contributed by atoms with Crippen molar-refractivity contribution in [2.45, 2.75) is 38.9 Å². The van der Waals surface area contributed by atoms with Crippen molar-refractivity contribution in [1.29, 1.82) is 0 Å². The van der Waals surface area contributed by atoms with E-state index >= 15 is 0 Å². The second-order valence-electron chi connectivity index (χ2n) is 6.15. The molecule has 0 aromatic carbocycles. The number of urea groups is 1. The van der Waals surface area contributed by atoms with E-state index in [-0.39, 0.29) is 11.9 Å². The SMILES string of the molecule is CCN1C(N2CCC(C)CC2)=NC2C1C(=O)NC(=O)N2C. The normalized spacial score (nSPS) is 30.4. The van der Waals surface area contributed by atoms with Crippen molar-refractivity contribution in [1.82, 2.24) is 20.0 Å². The van der Waals surface area contributed by atoms with Crippen LogP contribution >= 0.6 is 0 Å². The van der Waals surface area contributed by atoms with E-state index < -0.39 is 12.2 Å². The lowest BCUT2D eigenvalue weighted by atomic mass is 9.99. The number of nitrogens with one attached hydrogen (secondary N) is 1. The van der Waals surface area contributed by atoms with Gasteiger partial charge in [0, 0.05) is 26.7 Å². The predicted octanol–water partition coefficient (Wildman–Crippen LogP) is 0.286. The van der Waals surface area contributed by atoms with Gasteiger partial charge in [-0.2, -0.15) is 0 Å². The van der Waals surface area contributed by atoms with Gasteiger partial charge in [0.25, 0.3) is 5.91 Å². The fourth-order valence-corrected chi connectivity index (χ4v) is 3.32. The number of hydrogen-bond acceptors (Lipinski definition) is 5. The zero-order valence-corrected chi connectivity index (χ0v) is 12.9. The maximum atomic E-state index is 12.2. The third-order valence-corrected chi connectivity index (χ3v) is 4.75. The molecule has 0 aliphatic carbocycles. The highest BCUT2D eigenvalue weighted by atomic mass is 16.2. The largest absolute Gasteiger partial charge is 0.343 e. The van der Waals surface area contributed by atoms with Gasteiger partial charge in [0.15, 0.2) is 18.2 Å². The molecule has 3 heterocycles. The van der Waals surface area contributed by atoms with Gasteiger partial charge < -0.3 is 14.7 Å². The molecule has 0 saturated carbocycles. The summed E-state index contributed by atoms with van der Waals surface area (Å²) in [4.78, 5) is 34.5. The summed E-state index contributed by atoms with van der Waals surface area (Å²) in [5.74, 6) is 1.37. The van der Waals surface area contributed by atoms with Crippen LogP contribution in [0.3, 0.4) is 0 Å². The lowest BCUT2D eigenvalue weighted by Crippen LogP contribution is -2.64. The first-order valence-corrected chi connectivity index (χ1v) is 7.70. The maximum absolute atomic E-state index is 12.2. The zero-order valence-electron chi connectivity index (χ0n) is 12.9. The maximum Gasteiger partial charge on any atom is 0.325 e. The number of imide groups is 1. The van der Waals surface area contributed by atoms with Crippen molar-refractivity contribution in [3.05, 3.63) is 0 Å². The van der Waals surface area contributed by atoms with Crippen molar-refractivity contribution in [2.75, 3.05) is 26.7 Å². The Balaban J connectivity index is 1.86. The standard InChI is InChI=1S/C14H23N5O2/c1-4-19-10-11(17(3)14(21)16-12(10)20)15-13(19)18-7-5-9(2)6-8-18/h9-11H,4-8H2,1-3H3,(H,16,20,21). The van der Waals surface area contributed by atoms with Gasteiger partial charge in [0.05, 0.1) is 0 Å². The third-order valence-electron chi connectivity index (χ3n) is 4.75. The van der Waals surface area contributed by atoms with Crippen molar-refractivity contribution < 1.29 is 9.59 Å². The Morgan fingerprint density at radius 3 is 2.57 bits per heavy atom. The van der Waals surface area contributed by atoms with Gasteiger partial charge in [0.2, 0.25) is 0 Å². The van der Waals surface area contributed by atoms with Crippen LogP contribution in [0, 0.1) is 5.92 Å². The monoisotopic (exact) mass is 293 g/mol. The molecule has 2 saturated heterocycles. The van der Waals surface area contributed by atoms with E-state index in [9.17, 15) is 9.59 Å². The fraction of sp³-hybridized carbons (Fsp3) is 0.786. The molecule has 2 atom stereocenters. The highest BCUT2D eigenvalue weighted by molar-refractivity contribution is 6.03. The summed E-state index contributed by atoms with van der Waals surface area (Å²) in [7, 11) is 1.69. The Morgan fingerprint density at radius 2 is 1.95 bits per heavy atom. The molecular weight excluding hydrogens is 270 g/mol. The van der Waals surface area contributed by atoms with Crippen LogP contribution < -0.4 is 5.32 Å². The number of piperidine rings is 1. The fourth-order valence-electron chi connectivity index (χ4n) is 3.32. The van der Waals surface area contributed by atoms with Gasteiger partial charge >= 0.3 is 6.03 Å². The van der Waals surface area contributed by atoms with Crippen molar-refractivity contribution in [3.63, 3.8) is 0 Å². The van der Waals surface area contributed by atoms with Gasteiger partial charge in [-0.3, -0.25) is 10.1 Å². The number of aliphatic imine (C=N–C) groups is 1. The summed E-state index contributed by atoms with van der Waals surface area (Å²) >= 11 is 0. The van der Waals surface area contributed by atoms with E-state index in [4.69, 9.17) is 4.99 Å². The Labute approximate surface area is 125 Å². The van der Waals surface area contributed by atoms with E-state index in [0.717, 1.165) is 37.8 Å². The van der Waals surface area contributed by atoms with E-state index in [2.05, 4.69) is 17.1 Å². The highest BCUT2D eigenvalue weighted by Crippen LogP contribution is 2.27. The third kappa shape index (κ3) is 2.24. The van der Waals surface area contributed by atoms with Crippen molar-refractivity contribution in [3.8, 4) is 0 Å². The lowest BCUT2D eigenvalue weighted by Gasteiger charge is -2.38. The van der Waals surface area contributed by atoms with Crippen molar-refractivity contribution >= 4 is 17.9 Å². The van der Waals surface area contributed by atoms with Crippen molar-refractivity contribution in [2.24, 2.45) is 10.9 Å². The van der Waals surface area contributed by atoms with Crippen LogP contribution in [0.25, 0.3) is 0 Å². The quantitative estimate of drug-likeness (QED) is 0.754. The minimum Gasteiger partial charge on any atom is -0.343 e. The second kappa shape index (κ2) is 5.20. The number of hydrogen-bond donors (Lipinski definition) is 1. The summed E-state index contributed by atoms with van der Waals surface area (Å²) < 4.78 is 0. The van der Waals surface area contributed by atoms with Gasteiger partial charge in [-0.1, -0.05) is 6.92 Å². The lowest BCUT2D eigenvalue weighted by molar-refractivity contribution is -0.127. The van der Waals surface area contributed by atoms with Crippen LogP contribution in [-0.4, -0.2) is 71.5 Å². The average Bonchev–Trinajstić information content (AvgIpc) is 2.85. The van der Waals surface area contributed by atoms with Crippen LogP contribution in [0.2, 0.25) is 0 Å². The van der Waals surface area contributed by atoms with Crippen LogP contribution in [0.5, 0.6) is 0 Å². The van der Waals surface area contributed by atoms with E-state index in [1.54, 1.807) is 7.05 Å². The molecule has 1 N–H and O–H groups in total. The Kier molecular flexibility index (Phi) is 3.51. The van der Waals surface area contributed by atoms with Gasteiger partial charge in [-0.25, -0.2) is 9.79 Å². The number of nitrogens with zero attached hydrogens (tertiary/aromatic N) is 4. The molecule has 116 valence electrons. The number of likely N-dealkylation sites (N-methyl/N-ethyl adjacent to an activating group) is 2. The minimum absolute atomic E-state index is 0.242. The van der Waals surface area contributed by atoms with E-state index in [1.807, 2.05) is 11.8 Å². The number of fused-ring (bicyclic) bond motifs is 1. The number of likely N-dealkylation sites (tertiary alicyclic amines) is 1. The molecule has 0 radical (unpaired) electrons. The van der Waals surface area contributed by atoms with E-state index in [1.165, 1.54) is 4.90 Å². The Hall–Kier alpha value is -1.79.